The Morgan fingerprint density at radius 2 is 1.95 bits per heavy atom. The molecule has 1 aromatic heterocycles. The van der Waals surface area contributed by atoms with Gasteiger partial charge in [0.2, 0.25) is 0 Å². The first-order valence-corrected chi connectivity index (χ1v) is 7.63. The van der Waals surface area contributed by atoms with Gasteiger partial charge >= 0.3 is 0 Å². The van der Waals surface area contributed by atoms with E-state index in [1.807, 2.05) is 38.4 Å². The molecule has 0 saturated carbocycles. The molecule has 0 saturated heterocycles. The summed E-state index contributed by atoms with van der Waals surface area (Å²) in [6, 6.07) is 9.87. The second-order valence-electron chi connectivity index (χ2n) is 5.27. The van der Waals surface area contributed by atoms with Crippen LogP contribution in [-0.2, 0) is 0 Å². The van der Waals surface area contributed by atoms with Crippen LogP contribution >= 0.6 is 23.2 Å². The van der Waals surface area contributed by atoms with Crippen molar-refractivity contribution in [2.45, 2.75) is 19.0 Å². The van der Waals surface area contributed by atoms with Gasteiger partial charge < -0.3 is 9.73 Å². The molecule has 2 rings (SSSR count). The molecular formula is C16H20Cl2N2O. The Labute approximate surface area is 135 Å². The van der Waals surface area contributed by atoms with Crippen LogP contribution in [0.25, 0.3) is 0 Å². The summed E-state index contributed by atoms with van der Waals surface area (Å²) in [5.74, 6) is 0.942. The zero-order valence-electron chi connectivity index (χ0n) is 12.4. The third-order valence-corrected chi connectivity index (χ3v) is 4.39. The van der Waals surface area contributed by atoms with E-state index in [1.165, 1.54) is 0 Å². The van der Waals surface area contributed by atoms with E-state index in [0.29, 0.717) is 10.0 Å². The summed E-state index contributed by atoms with van der Waals surface area (Å²) in [7, 11) is 4.07. The van der Waals surface area contributed by atoms with Crippen LogP contribution in [0.1, 0.15) is 30.3 Å². The van der Waals surface area contributed by atoms with Crippen molar-refractivity contribution >= 4 is 23.2 Å². The van der Waals surface area contributed by atoms with Crippen molar-refractivity contribution in [1.82, 2.24) is 10.2 Å². The van der Waals surface area contributed by atoms with Gasteiger partial charge in [-0.3, -0.25) is 4.90 Å². The maximum atomic E-state index is 6.26. The van der Waals surface area contributed by atoms with Crippen LogP contribution < -0.4 is 5.32 Å². The number of nitrogens with one attached hydrogen (secondary N) is 1. The number of benzene rings is 1. The maximum Gasteiger partial charge on any atom is 0.122 e. The average Bonchev–Trinajstić information content (AvgIpc) is 2.95. The molecule has 1 aromatic carbocycles. The fourth-order valence-electron chi connectivity index (χ4n) is 2.27. The summed E-state index contributed by atoms with van der Waals surface area (Å²) in [5, 5.41) is 4.68. The minimum absolute atomic E-state index is 0.105. The molecule has 0 aliphatic rings. The van der Waals surface area contributed by atoms with E-state index in [9.17, 15) is 0 Å². The number of likely N-dealkylation sites (N-methyl/N-ethyl adjacent to an activating group) is 1. The van der Waals surface area contributed by atoms with E-state index < -0.39 is 0 Å². The first-order chi connectivity index (χ1) is 10.0. The highest BCUT2D eigenvalue weighted by molar-refractivity contribution is 6.42. The van der Waals surface area contributed by atoms with Crippen molar-refractivity contribution in [3.63, 3.8) is 0 Å². The molecule has 2 unspecified atom stereocenters. The summed E-state index contributed by atoms with van der Waals surface area (Å²) < 4.78 is 5.51. The highest BCUT2D eigenvalue weighted by atomic mass is 35.5. The lowest BCUT2D eigenvalue weighted by Gasteiger charge is -2.25. The SMILES string of the molecule is CC(NCC(c1ccco1)N(C)C)c1cccc(Cl)c1Cl. The van der Waals surface area contributed by atoms with Crippen molar-refractivity contribution in [2.75, 3.05) is 20.6 Å². The monoisotopic (exact) mass is 326 g/mol. The molecular weight excluding hydrogens is 307 g/mol. The average molecular weight is 327 g/mol. The van der Waals surface area contributed by atoms with Gasteiger partial charge in [-0.05, 0) is 44.8 Å². The molecule has 1 N–H and O–H groups in total. The predicted octanol–water partition coefficient (Wildman–Crippen LogP) is 4.54. The molecule has 3 nitrogen and oxygen atoms in total. The van der Waals surface area contributed by atoms with Gasteiger partial charge in [0.05, 0.1) is 22.4 Å². The summed E-state index contributed by atoms with van der Waals surface area (Å²) in [6.07, 6.45) is 1.70. The Kier molecular flexibility index (Phi) is 5.71. The molecule has 0 aliphatic carbocycles. The first-order valence-electron chi connectivity index (χ1n) is 6.87. The van der Waals surface area contributed by atoms with E-state index in [4.69, 9.17) is 27.6 Å². The fourth-order valence-corrected chi connectivity index (χ4v) is 2.74. The largest absolute Gasteiger partial charge is 0.468 e. The van der Waals surface area contributed by atoms with Gasteiger partial charge in [-0.1, -0.05) is 35.3 Å². The van der Waals surface area contributed by atoms with Crippen LogP contribution in [0.15, 0.2) is 41.0 Å². The van der Waals surface area contributed by atoms with Crippen molar-refractivity contribution in [3.05, 3.63) is 58.0 Å². The summed E-state index contributed by atoms with van der Waals surface area (Å²) >= 11 is 12.3. The lowest BCUT2D eigenvalue weighted by Crippen LogP contribution is -2.32. The van der Waals surface area contributed by atoms with E-state index in [1.54, 1.807) is 12.3 Å². The maximum absolute atomic E-state index is 6.26. The van der Waals surface area contributed by atoms with E-state index in [2.05, 4.69) is 17.1 Å². The molecule has 5 heteroatoms. The number of hydrogen-bond acceptors (Lipinski definition) is 3. The smallest absolute Gasteiger partial charge is 0.122 e. The summed E-state index contributed by atoms with van der Waals surface area (Å²) in [5.41, 5.74) is 1.00. The van der Waals surface area contributed by atoms with Gasteiger partial charge in [0.15, 0.2) is 0 Å². The molecule has 0 aliphatic heterocycles. The normalized spacial score (nSPS) is 14.4. The Hall–Kier alpha value is -1.000. The zero-order valence-corrected chi connectivity index (χ0v) is 13.9. The summed E-state index contributed by atoms with van der Waals surface area (Å²) in [6.45, 7) is 2.83. The molecule has 0 amide bonds. The number of nitrogens with zero attached hydrogens (tertiary/aromatic N) is 1. The Morgan fingerprint density at radius 1 is 1.19 bits per heavy atom. The topological polar surface area (TPSA) is 28.4 Å². The standard InChI is InChI=1S/C16H20Cl2N2O/c1-11(12-6-4-7-13(17)16(12)18)19-10-14(20(2)3)15-8-5-9-21-15/h4-9,11,14,19H,10H2,1-3H3. The van der Waals surface area contributed by atoms with Gasteiger partial charge in [0, 0.05) is 12.6 Å². The lowest BCUT2D eigenvalue weighted by molar-refractivity contribution is 0.245. The van der Waals surface area contributed by atoms with E-state index in [-0.39, 0.29) is 12.1 Å². The lowest BCUT2D eigenvalue weighted by atomic mass is 10.1. The van der Waals surface area contributed by atoms with Crippen LogP contribution in [0, 0.1) is 0 Å². The quantitative estimate of drug-likeness (QED) is 0.844. The van der Waals surface area contributed by atoms with Gasteiger partial charge in [-0.25, -0.2) is 0 Å². The Bertz CT molecular complexity index is 570. The number of halogens is 2. The molecule has 0 radical (unpaired) electrons. The second kappa shape index (κ2) is 7.32. The van der Waals surface area contributed by atoms with Gasteiger partial charge in [0.25, 0.3) is 0 Å². The van der Waals surface area contributed by atoms with Crippen LogP contribution in [0.3, 0.4) is 0 Å². The van der Waals surface area contributed by atoms with Crippen LogP contribution in [0.2, 0.25) is 10.0 Å². The minimum Gasteiger partial charge on any atom is -0.468 e. The fraction of sp³-hybridized carbons (Fsp3) is 0.375. The van der Waals surface area contributed by atoms with E-state index in [0.717, 1.165) is 17.9 Å². The third-order valence-electron chi connectivity index (χ3n) is 3.56. The van der Waals surface area contributed by atoms with E-state index >= 15 is 0 Å². The number of rotatable bonds is 6. The molecule has 21 heavy (non-hydrogen) atoms. The van der Waals surface area contributed by atoms with Crippen LogP contribution in [0.5, 0.6) is 0 Å². The molecule has 2 aromatic rings. The van der Waals surface area contributed by atoms with Crippen molar-refractivity contribution in [1.29, 1.82) is 0 Å². The van der Waals surface area contributed by atoms with Gasteiger partial charge in [-0.15, -0.1) is 0 Å². The Balaban J connectivity index is 2.05. The molecule has 1 heterocycles. The zero-order chi connectivity index (χ0) is 15.4. The summed E-state index contributed by atoms with van der Waals surface area (Å²) in [4.78, 5) is 2.12. The van der Waals surface area contributed by atoms with Crippen molar-refractivity contribution < 1.29 is 4.42 Å². The molecule has 0 fully saturated rings. The first kappa shape index (κ1) is 16.4. The third kappa shape index (κ3) is 4.01. The number of furan rings is 1. The van der Waals surface area contributed by atoms with Crippen molar-refractivity contribution in [3.8, 4) is 0 Å². The number of hydrogen-bond donors (Lipinski definition) is 1. The van der Waals surface area contributed by atoms with Gasteiger partial charge in [-0.2, -0.15) is 0 Å². The highest BCUT2D eigenvalue weighted by Gasteiger charge is 2.19. The minimum atomic E-state index is 0.105. The Morgan fingerprint density at radius 3 is 2.57 bits per heavy atom. The second-order valence-corrected chi connectivity index (χ2v) is 6.05. The predicted molar refractivity (Wildman–Crippen MR) is 88.0 cm³/mol. The highest BCUT2D eigenvalue weighted by Crippen LogP contribution is 2.30. The van der Waals surface area contributed by atoms with Crippen LogP contribution in [-0.4, -0.2) is 25.5 Å². The molecule has 0 bridgehead atoms. The molecule has 0 spiro atoms. The van der Waals surface area contributed by atoms with Crippen molar-refractivity contribution in [2.24, 2.45) is 0 Å². The van der Waals surface area contributed by atoms with Gasteiger partial charge in [0.1, 0.15) is 5.76 Å². The molecule has 2 atom stereocenters. The molecule has 114 valence electrons. The van der Waals surface area contributed by atoms with Crippen LogP contribution in [0.4, 0.5) is 0 Å².